The molecule has 0 spiro atoms. The van der Waals surface area contributed by atoms with Crippen LogP contribution in [0.3, 0.4) is 0 Å². The normalized spacial score (nSPS) is 14.2. The minimum absolute atomic E-state index is 0.0916. The van der Waals surface area contributed by atoms with E-state index in [4.69, 9.17) is 32.4 Å². The van der Waals surface area contributed by atoms with Gasteiger partial charge >= 0.3 is 14.3 Å². The van der Waals surface area contributed by atoms with Crippen molar-refractivity contribution in [3.05, 3.63) is 149 Å². The summed E-state index contributed by atoms with van der Waals surface area (Å²) in [6.45, 7) is 9.84. The van der Waals surface area contributed by atoms with Gasteiger partial charge in [-0.1, -0.05) is 129 Å². The summed E-state index contributed by atoms with van der Waals surface area (Å²) in [7, 11) is -2.73. The molecule has 0 saturated carbocycles. The molecule has 0 aliphatic carbocycles. The van der Waals surface area contributed by atoms with Gasteiger partial charge in [-0.15, -0.1) is 0 Å². The lowest BCUT2D eigenvalue weighted by molar-refractivity contribution is 0.106. The minimum Gasteiger partial charge on any atom is -0.534 e. The summed E-state index contributed by atoms with van der Waals surface area (Å²) in [6, 6.07) is 43.1. The number of benzene rings is 5. The summed E-state index contributed by atoms with van der Waals surface area (Å²) in [6.07, 6.45) is 1.93. The zero-order chi connectivity index (χ0) is 40.3. The number of carbonyl (C=O) groups is 1. The van der Waals surface area contributed by atoms with Crippen molar-refractivity contribution in [2.24, 2.45) is 0 Å². The highest BCUT2D eigenvalue weighted by Crippen LogP contribution is 2.38. The lowest BCUT2D eigenvalue weighted by Crippen LogP contribution is -2.68. The molecule has 5 aromatic carbocycles. The Morgan fingerprint density at radius 1 is 0.825 bits per heavy atom. The van der Waals surface area contributed by atoms with Gasteiger partial charge in [0.05, 0.1) is 10.0 Å². The number of nitrogens with one attached hydrogen (secondary N) is 3. The molecule has 2 amide bonds. The molecular weight excluding hydrogens is 772 g/mol. The van der Waals surface area contributed by atoms with E-state index in [0.717, 1.165) is 42.8 Å². The number of amides is 2. The molecule has 1 atom stereocenters. The fourth-order valence-corrected chi connectivity index (χ4v) is 12.2. The van der Waals surface area contributed by atoms with Crippen LogP contribution in [-0.4, -0.2) is 69.3 Å². The summed E-state index contributed by atoms with van der Waals surface area (Å²) in [4.78, 5) is 14.6. The van der Waals surface area contributed by atoms with Crippen molar-refractivity contribution < 1.29 is 19.1 Å². The van der Waals surface area contributed by atoms with E-state index < -0.39 is 14.4 Å². The van der Waals surface area contributed by atoms with Gasteiger partial charge in [0.2, 0.25) is 0 Å². The number of hydrogen-bond acceptors (Lipinski definition) is 6. The molecule has 1 saturated heterocycles. The topological polar surface area (TPSA) is 95.1 Å². The molecule has 0 aromatic heterocycles. The molecule has 1 heterocycles. The first kappa shape index (κ1) is 42.1. The van der Waals surface area contributed by atoms with E-state index in [-0.39, 0.29) is 17.7 Å². The van der Waals surface area contributed by atoms with E-state index in [9.17, 15) is 9.90 Å². The smallest absolute Gasteiger partial charge is 0.319 e. The van der Waals surface area contributed by atoms with Crippen molar-refractivity contribution >= 4 is 53.6 Å². The molecule has 1 aliphatic heterocycles. The lowest BCUT2D eigenvalue weighted by atomic mass is 10.0. The summed E-state index contributed by atoms with van der Waals surface area (Å²) >= 11 is 12.4. The molecule has 0 unspecified atom stereocenters. The van der Waals surface area contributed by atoms with Crippen LogP contribution in [0.2, 0.25) is 15.1 Å². The molecule has 0 bridgehead atoms. The zero-order valence-electron chi connectivity index (χ0n) is 33.0. The third kappa shape index (κ3) is 11.1. The third-order valence-corrected chi connectivity index (χ3v) is 16.3. The summed E-state index contributed by atoms with van der Waals surface area (Å²) < 4.78 is 13.1. The molecule has 300 valence electrons. The zero-order valence-corrected chi connectivity index (χ0v) is 35.5. The first-order chi connectivity index (χ1) is 27.5. The lowest BCUT2D eigenvalue weighted by Gasteiger charge is -2.43. The quantitative estimate of drug-likeness (QED) is 0.0592. The molecular formula is C46H54Cl2N4O4Si. The number of halogens is 2. The number of likely N-dealkylation sites (tertiary alicyclic amines) is 1. The first-order valence-corrected chi connectivity index (χ1v) is 22.4. The number of rotatable bonds is 16. The minimum atomic E-state index is -2.73. The Hall–Kier alpha value is -4.51. The number of carbonyl (C=O) groups excluding carboxylic acids is 1. The van der Waals surface area contributed by atoms with Crippen LogP contribution in [0.1, 0.15) is 44.7 Å². The molecule has 6 rings (SSSR count). The van der Waals surface area contributed by atoms with Gasteiger partial charge in [0.25, 0.3) is 0 Å². The molecule has 1 aliphatic rings. The fraction of sp³-hybridized carbons (Fsp3) is 0.326. The predicted octanol–water partition coefficient (Wildman–Crippen LogP) is 8.29. The third-order valence-electron chi connectivity index (χ3n) is 10.5. The standard InChI is InChI=1S/C46H54Cl2N4O4Si/c1-46(2,3)57(41-12-6-4-7-13-41,42-14-8-5-9-15-42)56-40-23-21-39(22-24-40)55-33-38(53)32-49-28-25-34-17-19-36(20-18-34)51-37-26-29-52(30-27-37)45(54)50-31-35-11-10-16-43(47)44(35)48/h4-24,37-38,49,51,53H,25-33H2,1-3H3,(H,50,54)/t38-/m0/s1. The van der Waals surface area contributed by atoms with Gasteiger partial charge in [0.1, 0.15) is 24.2 Å². The van der Waals surface area contributed by atoms with Crippen LogP contribution in [0.4, 0.5) is 10.5 Å². The Labute approximate surface area is 348 Å². The van der Waals surface area contributed by atoms with E-state index in [1.807, 2.05) is 53.4 Å². The average Bonchev–Trinajstić information content (AvgIpc) is 3.22. The van der Waals surface area contributed by atoms with Gasteiger partial charge in [-0.2, -0.15) is 0 Å². The molecule has 4 N–H and O–H groups in total. The molecule has 1 fully saturated rings. The van der Waals surface area contributed by atoms with Crippen molar-refractivity contribution in [1.82, 2.24) is 15.5 Å². The number of hydrogen-bond donors (Lipinski definition) is 4. The number of ether oxygens (including phenoxy) is 1. The van der Waals surface area contributed by atoms with Crippen LogP contribution < -0.4 is 35.5 Å². The SMILES string of the molecule is CC(C)(C)[Si](Oc1ccc(OC[C@@H](O)CNCCc2ccc(NC3CCN(C(=O)NCc4cccc(Cl)c4Cl)CC3)cc2)cc1)(c1ccccc1)c1ccccc1. The second-order valence-corrected chi connectivity index (χ2v) is 20.6. The number of anilines is 1. The molecule has 0 radical (unpaired) electrons. The largest absolute Gasteiger partial charge is 0.534 e. The maximum Gasteiger partial charge on any atom is 0.319 e. The predicted molar refractivity (Wildman–Crippen MR) is 236 cm³/mol. The van der Waals surface area contributed by atoms with Crippen molar-refractivity contribution in [3.8, 4) is 11.5 Å². The maximum atomic E-state index is 12.7. The second kappa shape index (κ2) is 19.8. The van der Waals surface area contributed by atoms with Crippen molar-refractivity contribution in [3.63, 3.8) is 0 Å². The van der Waals surface area contributed by atoms with E-state index >= 15 is 0 Å². The van der Waals surface area contributed by atoms with Crippen molar-refractivity contribution in [2.75, 3.05) is 38.1 Å². The summed E-state index contributed by atoms with van der Waals surface area (Å²) in [5, 5.41) is 23.8. The van der Waals surface area contributed by atoms with E-state index in [1.54, 1.807) is 6.07 Å². The van der Waals surface area contributed by atoms with E-state index in [2.05, 4.69) is 110 Å². The van der Waals surface area contributed by atoms with Gasteiger partial charge in [-0.05, 0) is 94.8 Å². The van der Waals surface area contributed by atoms with Crippen LogP contribution in [0.15, 0.2) is 127 Å². The van der Waals surface area contributed by atoms with Crippen molar-refractivity contribution in [1.29, 1.82) is 0 Å². The number of aliphatic hydroxyl groups excluding tert-OH is 1. The van der Waals surface area contributed by atoms with Gasteiger partial charge in [-0.3, -0.25) is 0 Å². The Kier molecular flexibility index (Phi) is 14.6. The Balaban J connectivity index is 0.893. The molecule has 57 heavy (non-hydrogen) atoms. The highest BCUT2D eigenvalue weighted by molar-refractivity contribution is 7.00. The number of aliphatic hydroxyl groups is 1. The summed E-state index contributed by atoms with van der Waals surface area (Å²) in [5.74, 6) is 1.48. The molecule has 8 nitrogen and oxygen atoms in total. The maximum absolute atomic E-state index is 12.7. The van der Waals surface area contributed by atoms with Gasteiger partial charge in [0.15, 0.2) is 0 Å². The van der Waals surface area contributed by atoms with Crippen LogP contribution in [-0.2, 0) is 13.0 Å². The molecule has 11 heteroatoms. The number of urea groups is 1. The van der Waals surface area contributed by atoms with Gasteiger partial charge < -0.3 is 35.1 Å². The molecule has 5 aromatic rings. The second-order valence-electron chi connectivity index (χ2n) is 15.6. The highest BCUT2D eigenvalue weighted by Gasteiger charge is 2.52. The highest BCUT2D eigenvalue weighted by atomic mass is 35.5. The van der Waals surface area contributed by atoms with Gasteiger partial charge in [0, 0.05) is 37.9 Å². The fourth-order valence-electron chi connectivity index (χ4n) is 7.38. The van der Waals surface area contributed by atoms with Crippen LogP contribution in [0.5, 0.6) is 11.5 Å². The number of nitrogens with zero attached hydrogens (tertiary/aromatic N) is 1. The summed E-state index contributed by atoms with van der Waals surface area (Å²) in [5.41, 5.74) is 3.08. The Morgan fingerprint density at radius 2 is 1.44 bits per heavy atom. The van der Waals surface area contributed by atoms with Crippen LogP contribution >= 0.6 is 23.2 Å². The Morgan fingerprint density at radius 3 is 2.05 bits per heavy atom. The first-order valence-electron chi connectivity index (χ1n) is 19.7. The van der Waals surface area contributed by atoms with Crippen LogP contribution in [0.25, 0.3) is 0 Å². The van der Waals surface area contributed by atoms with Crippen molar-refractivity contribution in [2.45, 2.75) is 63.8 Å². The number of piperidine rings is 1. The van der Waals surface area contributed by atoms with E-state index in [1.165, 1.54) is 15.9 Å². The van der Waals surface area contributed by atoms with Crippen LogP contribution in [0, 0.1) is 0 Å². The monoisotopic (exact) mass is 824 g/mol. The van der Waals surface area contributed by atoms with Gasteiger partial charge in [-0.25, -0.2) is 4.79 Å². The van der Waals surface area contributed by atoms with E-state index in [0.29, 0.717) is 48.0 Å². The Bertz CT molecular complexity index is 1970. The average molecular weight is 826 g/mol.